The summed E-state index contributed by atoms with van der Waals surface area (Å²) in [6, 6.07) is 0.416. The fourth-order valence-electron chi connectivity index (χ4n) is 3.22. The van der Waals surface area contributed by atoms with Crippen LogP contribution in [-0.2, 0) is 4.79 Å². The Morgan fingerprint density at radius 2 is 1.85 bits per heavy atom. The molecule has 20 heavy (non-hydrogen) atoms. The van der Waals surface area contributed by atoms with Crippen LogP contribution in [0.4, 0.5) is 0 Å². The number of carbonyl (C=O) groups excluding carboxylic acids is 1. The van der Waals surface area contributed by atoms with Crippen LogP contribution in [0.25, 0.3) is 0 Å². The molecule has 1 aliphatic rings. The number of nitrogens with zero attached hydrogens (tertiary/aromatic N) is 1. The predicted octanol–water partition coefficient (Wildman–Crippen LogP) is 3.93. The van der Waals surface area contributed by atoms with Crippen LogP contribution in [0.5, 0.6) is 0 Å². The summed E-state index contributed by atoms with van der Waals surface area (Å²) in [6.07, 6.45) is 8.04. The molecule has 3 heteroatoms. The van der Waals surface area contributed by atoms with E-state index in [0.717, 1.165) is 38.5 Å². The van der Waals surface area contributed by atoms with Gasteiger partial charge in [0.2, 0.25) is 5.91 Å². The molecule has 3 nitrogen and oxygen atoms in total. The third-order valence-corrected chi connectivity index (χ3v) is 4.61. The number of hydrogen-bond donors (Lipinski definition) is 1. The first-order valence-corrected chi connectivity index (χ1v) is 8.63. The van der Waals surface area contributed by atoms with Gasteiger partial charge in [-0.1, -0.05) is 53.4 Å². The number of amides is 1. The summed E-state index contributed by atoms with van der Waals surface area (Å²) in [5.74, 6) is 1.03. The molecule has 4 unspecified atom stereocenters. The van der Waals surface area contributed by atoms with Gasteiger partial charge in [0, 0.05) is 6.04 Å². The number of nitrogens with one attached hydrogen (secondary N) is 1. The van der Waals surface area contributed by atoms with Gasteiger partial charge < -0.3 is 4.90 Å². The number of carbonyl (C=O) groups is 1. The molecule has 1 N–H and O–H groups in total. The van der Waals surface area contributed by atoms with Crippen LogP contribution in [0.2, 0.25) is 0 Å². The Labute approximate surface area is 125 Å². The lowest BCUT2D eigenvalue weighted by Crippen LogP contribution is -2.43. The minimum atomic E-state index is 0.0610. The van der Waals surface area contributed by atoms with Crippen molar-refractivity contribution in [1.29, 1.82) is 0 Å². The van der Waals surface area contributed by atoms with E-state index in [2.05, 4.69) is 44.8 Å². The van der Waals surface area contributed by atoms with Crippen molar-refractivity contribution in [3.8, 4) is 0 Å². The van der Waals surface area contributed by atoms with Gasteiger partial charge in [-0.25, -0.2) is 0 Å². The average Bonchev–Trinajstić information content (AvgIpc) is 2.73. The van der Waals surface area contributed by atoms with Crippen LogP contribution in [0.15, 0.2) is 0 Å². The molecule has 0 bridgehead atoms. The van der Waals surface area contributed by atoms with Crippen molar-refractivity contribution in [2.45, 2.75) is 97.8 Å². The zero-order chi connectivity index (χ0) is 15.1. The summed E-state index contributed by atoms with van der Waals surface area (Å²) in [7, 11) is 0. The van der Waals surface area contributed by atoms with Gasteiger partial charge in [-0.2, -0.15) is 0 Å². The molecule has 0 saturated carbocycles. The Balaban J connectivity index is 2.70. The molecule has 0 aromatic carbocycles. The van der Waals surface area contributed by atoms with Crippen molar-refractivity contribution in [2.24, 2.45) is 5.92 Å². The van der Waals surface area contributed by atoms with Gasteiger partial charge in [0.1, 0.15) is 0 Å². The van der Waals surface area contributed by atoms with Crippen LogP contribution >= 0.6 is 0 Å². The van der Waals surface area contributed by atoms with Crippen LogP contribution < -0.4 is 5.32 Å². The molecular formula is C17H34N2O. The third-order valence-electron chi connectivity index (χ3n) is 4.61. The van der Waals surface area contributed by atoms with Crippen molar-refractivity contribution in [2.75, 3.05) is 0 Å². The topological polar surface area (TPSA) is 32.3 Å². The molecule has 1 fully saturated rings. The first-order chi connectivity index (χ1) is 9.54. The highest BCUT2D eigenvalue weighted by molar-refractivity contribution is 5.84. The summed E-state index contributed by atoms with van der Waals surface area (Å²) in [4.78, 5) is 14.8. The molecule has 1 heterocycles. The Kier molecular flexibility index (Phi) is 7.57. The second-order valence-corrected chi connectivity index (χ2v) is 6.51. The molecule has 0 spiro atoms. The zero-order valence-corrected chi connectivity index (χ0v) is 14.1. The first kappa shape index (κ1) is 17.5. The Bertz CT molecular complexity index is 293. The summed E-state index contributed by atoms with van der Waals surface area (Å²) < 4.78 is 0. The maximum atomic E-state index is 12.7. The summed E-state index contributed by atoms with van der Waals surface area (Å²) in [5.41, 5.74) is 0. The van der Waals surface area contributed by atoms with E-state index in [1.54, 1.807) is 0 Å². The third kappa shape index (κ3) is 4.47. The lowest BCUT2D eigenvalue weighted by molar-refractivity contribution is -0.132. The normalized spacial score (nSPS) is 26.1. The van der Waals surface area contributed by atoms with Crippen molar-refractivity contribution in [1.82, 2.24) is 10.2 Å². The quantitative estimate of drug-likeness (QED) is 0.695. The average molecular weight is 282 g/mol. The minimum absolute atomic E-state index is 0.0610. The monoisotopic (exact) mass is 282 g/mol. The largest absolute Gasteiger partial charge is 0.323 e. The van der Waals surface area contributed by atoms with E-state index < -0.39 is 0 Å². The molecule has 118 valence electrons. The first-order valence-electron chi connectivity index (χ1n) is 8.63. The van der Waals surface area contributed by atoms with Crippen molar-refractivity contribution >= 4 is 5.91 Å². The van der Waals surface area contributed by atoms with Crippen LogP contribution in [0, 0.1) is 5.92 Å². The number of unbranched alkanes of at least 4 members (excludes halogenated alkanes) is 1. The molecule has 0 radical (unpaired) electrons. The van der Waals surface area contributed by atoms with E-state index in [-0.39, 0.29) is 12.2 Å². The highest BCUT2D eigenvalue weighted by atomic mass is 16.2. The Morgan fingerprint density at radius 1 is 1.15 bits per heavy atom. The van der Waals surface area contributed by atoms with Gasteiger partial charge in [-0.3, -0.25) is 10.1 Å². The lowest BCUT2D eigenvalue weighted by Gasteiger charge is -2.31. The fourth-order valence-corrected chi connectivity index (χ4v) is 3.22. The van der Waals surface area contributed by atoms with Gasteiger partial charge in [0.05, 0.1) is 12.2 Å². The maximum Gasteiger partial charge on any atom is 0.241 e. The molecule has 1 saturated heterocycles. The molecule has 1 aliphatic heterocycles. The highest BCUT2D eigenvalue weighted by Gasteiger charge is 2.40. The van der Waals surface area contributed by atoms with E-state index in [1.807, 2.05) is 0 Å². The highest BCUT2D eigenvalue weighted by Crippen LogP contribution is 2.24. The maximum absolute atomic E-state index is 12.7. The van der Waals surface area contributed by atoms with Gasteiger partial charge in [-0.15, -0.1) is 0 Å². The molecule has 0 aromatic rings. The van der Waals surface area contributed by atoms with E-state index in [1.165, 1.54) is 6.42 Å². The lowest BCUT2D eigenvalue weighted by atomic mass is 9.98. The molecule has 1 amide bonds. The van der Waals surface area contributed by atoms with Crippen LogP contribution in [0.1, 0.15) is 79.6 Å². The van der Waals surface area contributed by atoms with E-state index in [4.69, 9.17) is 0 Å². The zero-order valence-electron chi connectivity index (χ0n) is 14.1. The van der Waals surface area contributed by atoms with Crippen molar-refractivity contribution in [3.05, 3.63) is 0 Å². The smallest absolute Gasteiger partial charge is 0.241 e. The fraction of sp³-hybridized carbons (Fsp3) is 0.941. The molecule has 0 aliphatic carbocycles. The van der Waals surface area contributed by atoms with Crippen molar-refractivity contribution < 1.29 is 4.79 Å². The number of hydrogen-bond acceptors (Lipinski definition) is 2. The second kappa shape index (κ2) is 8.66. The summed E-state index contributed by atoms with van der Waals surface area (Å²) >= 11 is 0. The molecule has 4 atom stereocenters. The van der Waals surface area contributed by atoms with Gasteiger partial charge in [0.15, 0.2) is 0 Å². The van der Waals surface area contributed by atoms with Crippen molar-refractivity contribution in [3.63, 3.8) is 0 Å². The predicted molar refractivity (Wildman–Crippen MR) is 85.5 cm³/mol. The SMILES string of the molecule is CCCCC1NC(CCC)N(C(C)CC(C)CC)C1=O. The molecule has 1 rings (SSSR count). The summed E-state index contributed by atoms with van der Waals surface area (Å²) in [5, 5.41) is 3.58. The van der Waals surface area contributed by atoms with E-state index >= 15 is 0 Å². The summed E-state index contributed by atoms with van der Waals surface area (Å²) in [6.45, 7) is 11.1. The van der Waals surface area contributed by atoms with Crippen LogP contribution in [-0.4, -0.2) is 29.1 Å². The van der Waals surface area contributed by atoms with Gasteiger partial charge in [-0.05, 0) is 32.1 Å². The van der Waals surface area contributed by atoms with E-state index in [9.17, 15) is 4.79 Å². The minimum Gasteiger partial charge on any atom is -0.323 e. The van der Waals surface area contributed by atoms with Crippen LogP contribution in [0.3, 0.4) is 0 Å². The second-order valence-electron chi connectivity index (χ2n) is 6.51. The molecule has 0 aromatic heterocycles. The molecular weight excluding hydrogens is 248 g/mol. The Morgan fingerprint density at radius 3 is 2.40 bits per heavy atom. The van der Waals surface area contributed by atoms with E-state index in [0.29, 0.717) is 17.9 Å². The number of rotatable bonds is 9. The standard InChI is InChI=1S/C17H34N2O/c1-6-9-11-15-17(20)19(16(18-15)10-7-2)14(5)12-13(4)8-3/h13-16,18H,6-12H2,1-5H3. The van der Waals surface area contributed by atoms with Gasteiger partial charge in [0.25, 0.3) is 0 Å². The van der Waals surface area contributed by atoms with Gasteiger partial charge >= 0.3 is 0 Å². The Hall–Kier alpha value is -0.570.